The fraction of sp³-hybridized carbons (Fsp3) is 0.636. The molecule has 5 heteroatoms. The van der Waals surface area contributed by atoms with Gasteiger partial charge in [0.05, 0.1) is 17.1 Å². The van der Waals surface area contributed by atoms with Crippen molar-refractivity contribution in [2.45, 2.75) is 39.2 Å². The van der Waals surface area contributed by atoms with Gasteiger partial charge in [-0.2, -0.15) is 0 Å². The summed E-state index contributed by atoms with van der Waals surface area (Å²) in [4.78, 5) is 15.8. The van der Waals surface area contributed by atoms with Crippen molar-refractivity contribution in [2.75, 3.05) is 6.54 Å². The number of carbonyl (C=O) groups excluding carboxylic acids is 1. The summed E-state index contributed by atoms with van der Waals surface area (Å²) in [6.07, 6.45) is 0.997. The Bertz CT molecular complexity index is 355. The molecule has 0 aromatic carbocycles. The standard InChI is InChI=1S/C11H18N2O2S/c1-11(2,3)15-10(14)6-8-7-16-9(13-8)4-5-12/h7H,4-6,12H2,1-3H3. The largest absolute Gasteiger partial charge is 0.460 e. The first-order valence-corrected chi connectivity index (χ1v) is 6.14. The third kappa shape index (κ3) is 4.72. The zero-order valence-corrected chi connectivity index (χ0v) is 10.8. The van der Waals surface area contributed by atoms with Crippen LogP contribution in [0.5, 0.6) is 0 Å². The molecule has 4 nitrogen and oxygen atoms in total. The summed E-state index contributed by atoms with van der Waals surface area (Å²) in [7, 11) is 0. The molecular weight excluding hydrogens is 224 g/mol. The van der Waals surface area contributed by atoms with Gasteiger partial charge in [0, 0.05) is 11.8 Å². The number of esters is 1. The van der Waals surface area contributed by atoms with Gasteiger partial charge in [0.2, 0.25) is 0 Å². The number of ether oxygens (including phenoxy) is 1. The van der Waals surface area contributed by atoms with E-state index in [4.69, 9.17) is 10.5 Å². The zero-order chi connectivity index (χ0) is 12.2. The normalized spacial score (nSPS) is 11.5. The lowest BCUT2D eigenvalue weighted by atomic mass is 10.2. The topological polar surface area (TPSA) is 65.2 Å². The molecule has 2 N–H and O–H groups in total. The summed E-state index contributed by atoms with van der Waals surface area (Å²) in [6, 6.07) is 0. The molecule has 1 heterocycles. The van der Waals surface area contributed by atoms with Crippen molar-refractivity contribution in [1.82, 2.24) is 4.98 Å². The van der Waals surface area contributed by atoms with Gasteiger partial charge in [-0.1, -0.05) is 0 Å². The fourth-order valence-electron chi connectivity index (χ4n) is 1.19. The van der Waals surface area contributed by atoms with Gasteiger partial charge in [-0.15, -0.1) is 11.3 Å². The predicted octanol–water partition coefficient (Wildman–Crippen LogP) is 1.53. The van der Waals surface area contributed by atoms with E-state index in [1.165, 1.54) is 11.3 Å². The van der Waals surface area contributed by atoms with Crippen LogP contribution in [0.2, 0.25) is 0 Å². The quantitative estimate of drug-likeness (QED) is 0.813. The predicted molar refractivity (Wildman–Crippen MR) is 64.4 cm³/mol. The molecule has 0 saturated carbocycles. The Kier molecular flexibility index (Phi) is 4.44. The van der Waals surface area contributed by atoms with E-state index in [0.29, 0.717) is 6.54 Å². The molecule has 0 aliphatic heterocycles. The molecule has 0 fully saturated rings. The maximum Gasteiger partial charge on any atom is 0.312 e. The van der Waals surface area contributed by atoms with Gasteiger partial charge in [0.25, 0.3) is 0 Å². The average Bonchev–Trinajstić information content (AvgIpc) is 2.49. The van der Waals surface area contributed by atoms with Crippen molar-refractivity contribution >= 4 is 17.3 Å². The number of nitrogens with zero attached hydrogens (tertiary/aromatic N) is 1. The van der Waals surface area contributed by atoms with Gasteiger partial charge in [-0.05, 0) is 27.3 Å². The maximum atomic E-state index is 11.5. The van der Waals surface area contributed by atoms with E-state index < -0.39 is 5.60 Å². The molecular formula is C11H18N2O2S. The number of rotatable bonds is 4. The van der Waals surface area contributed by atoms with Crippen LogP contribution in [0.3, 0.4) is 0 Å². The second kappa shape index (κ2) is 5.41. The second-order valence-corrected chi connectivity index (χ2v) is 5.48. The third-order valence-corrected chi connectivity index (χ3v) is 2.66. The maximum absolute atomic E-state index is 11.5. The van der Waals surface area contributed by atoms with E-state index in [-0.39, 0.29) is 12.4 Å². The van der Waals surface area contributed by atoms with Crippen molar-refractivity contribution in [3.63, 3.8) is 0 Å². The highest BCUT2D eigenvalue weighted by Gasteiger charge is 2.17. The smallest absolute Gasteiger partial charge is 0.312 e. The Morgan fingerprint density at radius 2 is 2.25 bits per heavy atom. The minimum absolute atomic E-state index is 0.234. The molecule has 0 bridgehead atoms. The molecule has 1 aromatic rings. The summed E-state index contributed by atoms with van der Waals surface area (Å²) >= 11 is 1.54. The van der Waals surface area contributed by atoms with Crippen LogP contribution in [0.1, 0.15) is 31.5 Å². The van der Waals surface area contributed by atoms with Gasteiger partial charge in [-0.3, -0.25) is 4.79 Å². The highest BCUT2D eigenvalue weighted by Crippen LogP contribution is 2.13. The van der Waals surface area contributed by atoms with Crippen molar-refractivity contribution < 1.29 is 9.53 Å². The molecule has 0 aliphatic rings. The van der Waals surface area contributed by atoms with Crippen LogP contribution in [0, 0.1) is 0 Å². The second-order valence-electron chi connectivity index (χ2n) is 4.53. The first-order valence-electron chi connectivity index (χ1n) is 5.26. The number of aromatic nitrogens is 1. The van der Waals surface area contributed by atoms with Gasteiger partial charge in [0.15, 0.2) is 0 Å². The zero-order valence-electron chi connectivity index (χ0n) is 9.95. The first-order chi connectivity index (χ1) is 7.40. The van der Waals surface area contributed by atoms with Gasteiger partial charge >= 0.3 is 5.97 Å². The Labute approximate surface area is 99.8 Å². The third-order valence-electron chi connectivity index (χ3n) is 1.70. The van der Waals surface area contributed by atoms with Crippen molar-refractivity contribution in [3.05, 3.63) is 16.1 Å². The summed E-state index contributed by atoms with van der Waals surface area (Å²) < 4.78 is 5.21. The molecule has 0 amide bonds. The highest BCUT2D eigenvalue weighted by atomic mass is 32.1. The summed E-state index contributed by atoms with van der Waals surface area (Å²) in [5.74, 6) is -0.239. The van der Waals surface area contributed by atoms with Gasteiger partial charge < -0.3 is 10.5 Å². The van der Waals surface area contributed by atoms with E-state index in [1.54, 1.807) is 0 Å². The van der Waals surface area contributed by atoms with Crippen LogP contribution in [-0.2, 0) is 22.4 Å². The molecule has 0 unspecified atom stereocenters. The van der Waals surface area contributed by atoms with Crippen LogP contribution in [0.15, 0.2) is 5.38 Å². The van der Waals surface area contributed by atoms with Crippen molar-refractivity contribution in [2.24, 2.45) is 5.73 Å². The molecule has 0 spiro atoms. The fourth-order valence-corrected chi connectivity index (χ4v) is 2.01. The highest BCUT2D eigenvalue weighted by molar-refractivity contribution is 7.09. The monoisotopic (exact) mass is 242 g/mol. The Hall–Kier alpha value is -0.940. The average molecular weight is 242 g/mol. The number of hydrogen-bond acceptors (Lipinski definition) is 5. The SMILES string of the molecule is CC(C)(C)OC(=O)Cc1csc(CCN)n1. The summed E-state index contributed by atoms with van der Waals surface area (Å²) in [6.45, 7) is 6.14. The van der Waals surface area contributed by atoms with Crippen LogP contribution in [-0.4, -0.2) is 23.1 Å². The van der Waals surface area contributed by atoms with Gasteiger partial charge in [0.1, 0.15) is 5.60 Å². The van der Waals surface area contributed by atoms with E-state index >= 15 is 0 Å². The van der Waals surface area contributed by atoms with Crippen LogP contribution >= 0.6 is 11.3 Å². The number of hydrogen-bond donors (Lipinski definition) is 1. The van der Waals surface area contributed by atoms with E-state index in [1.807, 2.05) is 26.2 Å². The number of carbonyl (C=O) groups is 1. The molecule has 16 heavy (non-hydrogen) atoms. The van der Waals surface area contributed by atoms with Crippen molar-refractivity contribution in [3.8, 4) is 0 Å². The van der Waals surface area contributed by atoms with E-state index in [0.717, 1.165) is 17.1 Å². The molecule has 0 atom stereocenters. The first kappa shape index (κ1) is 13.1. The molecule has 0 radical (unpaired) electrons. The van der Waals surface area contributed by atoms with Crippen LogP contribution in [0.25, 0.3) is 0 Å². The van der Waals surface area contributed by atoms with E-state index in [2.05, 4.69) is 4.98 Å². The molecule has 1 rings (SSSR count). The summed E-state index contributed by atoms with van der Waals surface area (Å²) in [5.41, 5.74) is 5.76. The van der Waals surface area contributed by atoms with E-state index in [9.17, 15) is 4.79 Å². The lowest BCUT2D eigenvalue weighted by Crippen LogP contribution is -2.25. The lowest BCUT2D eigenvalue weighted by Gasteiger charge is -2.18. The lowest BCUT2D eigenvalue weighted by molar-refractivity contribution is -0.153. The number of nitrogens with two attached hydrogens (primary N) is 1. The van der Waals surface area contributed by atoms with Crippen molar-refractivity contribution in [1.29, 1.82) is 0 Å². The molecule has 90 valence electrons. The van der Waals surface area contributed by atoms with Gasteiger partial charge in [-0.25, -0.2) is 4.98 Å². The Morgan fingerprint density at radius 3 is 2.81 bits per heavy atom. The Balaban J connectivity index is 2.50. The Morgan fingerprint density at radius 1 is 1.56 bits per heavy atom. The minimum Gasteiger partial charge on any atom is -0.460 e. The summed E-state index contributed by atoms with van der Waals surface area (Å²) in [5, 5.41) is 2.86. The molecule has 0 aliphatic carbocycles. The van der Waals surface area contributed by atoms with Crippen LogP contribution in [0.4, 0.5) is 0 Å². The minimum atomic E-state index is -0.437. The molecule has 0 saturated heterocycles. The van der Waals surface area contributed by atoms with Crippen LogP contribution < -0.4 is 5.73 Å². The number of thiazole rings is 1. The molecule has 1 aromatic heterocycles.